The molecule has 2 N–H and O–H groups in total. The number of nitrogens with zero attached hydrogens (tertiary/aromatic N) is 1. The van der Waals surface area contributed by atoms with Crippen molar-refractivity contribution in [2.75, 3.05) is 27.9 Å². The van der Waals surface area contributed by atoms with Crippen LogP contribution in [0, 0.1) is 6.92 Å². The molecular formula is C28H31N3O5. The average molecular weight is 490 g/mol. The molecule has 4 rings (SSSR count). The number of aromatic nitrogens is 2. The summed E-state index contributed by atoms with van der Waals surface area (Å²) < 4.78 is 16.4. The maximum atomic E-state index is 13.2. The number of ether oxygens (including phenoxy) is 3. The van der Waals surface area contributed by atoms with Crippen LogP contribution in [0.5, 0.6) is 17.2 Å². The van der Waals surface area contributed by atoms with Gasteiger partial charge in [0.25, 0.3) is 5.56 Å². The Morgan fingerprint density at radius 1 is 1.00 bits per heavy atom. The summed E-state index contributed by atoms with van der Waals surface area (Å²) in [5.74, 6) is 1.84. The molecule has 4 aromatic rings. The molecule has 0 aliphatic carbocycles. The minimum atomic E-state index is -0.151. The second kappa shape index (κ2) is 10.7. The van der Waals surface area contributed by atoms with Crippen molar-refractivity contribution < 1.29 is 19.0 Å². The number of nitrogens with one attached hydrogen (secondary N) is 2. The van der Waals surface area contributed by atoms with Gasteiger partial charge in [0.2, 0.25) is 5.91 Å². The Kier molecular flexibility index (Phi) is 7.43. The van der Waals surface area contributed by atoms with Gasteiger partial charge in [-0.3, -0.25) is 14.6 Å². The second-order valence-corrected chi connectivity index (χ2v) is 8.73. The standard InChI is InChI=1S/C28H31N3O5/c1-16-21-14-26(35-4)27(36-5)15-22(21)23(28(33)30-16)13-19-11-18-12-20(34-3)8-9-25(18)31-24(19)7-6-10-29-17(2)32/h8-9,11-12,14-15H,6-7,10,13H2,1-5H3,(H,29,32)(H,30,33). The van der Waals surface area contributed by atoms with Gasteiger partial charge in [-0.05, 0) is 67.1 Å². The van der Waals surface area contributed by atoms with E-state index in [1.54, 1.807) is 21.3 Å². The minimum Gasteiger partial charge on any atom is -0.497 e. The summed E-state index contributed by atoms with van der Waals surface area (Å²) in [6.07, 6.45) is 1.78. The fraction of sp³-hybridized carbons (Fsp3) is 0.321. The maximum absolute atomic E-state index is 13.2. The lowest BCUT2D eigenvalue weighted by Crippen LogP contribution is -2.21. The molecule has 0 unspecified atom stereocenters. The lowest BCUT2D eigenvalue weighted by molar-refractivity contribution is -0.118. The number of amides is 1. The number of carbonyl (C=O) groups excluding carboxylic acids is 1. The van der Waals surface area contributed by atoms with Crippen molar-refractivity contribution in [3.63, 3.8) is 0 Å². The second-order valence-electron chi connectivity index (χ2n) is 8.73. The van der Waals surface area contributed by atoms with Gasteiger partial charge in [-0.15, -0.1) is 0 Å². The molecular weight excluding hydrogens is 458 g/mol. The number of benzene rings is 2. The van der Waals surface area contributed by atoms with Crippen LogP contribution in [0.1, 0.15) is 35.9 Å². The van der Waals surface area contributed by atoms with Crippen molar-refractivity contribution >= 4 is 27.6 Å². The first-order chi connectivity index (χ1) is 17.3. The van der Waals surface area contributed by atoms with Gasteiger partial charge in [-0.25, -0.2) is 0 Å². The number of fused-ring (bicyclic) bond motifs is 2. The predicted octanol–water partition coefficient (Wildman–Crippen LogP) is 4.07. The third kappa shape index (κ3) is 5.12. The Balaban J connectivity index is 1.84. The summed E-state index contributed by atoms with van der Waals surface area (Å²) in [5, 5.41) is 5.47. The van der Waals surface area contributed by atoms with Gasteiger partial charge < -0.3 is 24.5 Å². The minimum absolute atomic E-state index is 0.0594. The van der Waals surface area contributed by atoms with E-state index >= 15 is 0 Å². The highest BCUT2D eigenvalue weighted by molar-refractivity contribution is 5.91. The molecule has 8 heteroatoms. The highest BCUT2D eigenvalue weighted by atomic mass is 16.5. The molecule has 0 saturated heterocycles. The molecule has 1 amide bonds. The Bertz CT molecular complexity index is 1490. The molecule has 36 heavy (non-hydrogen) atoms. The summed E-state index contributed by atoms with van der Waals surface area (Å²) >= 11 is 0. The number of aromatic amines is 1. The van der Waals surface area contributed by atoms with Gasteiger partial charge in [-0.1, -0.05) is 0 Å². The molecule has 188 valence electrons. The van der Waals surface area contributed by atoms with Crippen molar-refractivity contribution in [1.29, 1.82) is 0 Å². The van der Waals surface area contributed by atoms with Crippen molar-refractivity contribution in [2.45, 2.75) is 33.1 Å². The largest absolute Gasteiger partial charge is 0.497 e. The van der Waals surface area contributed by atoms with Gasteiger partial charge in [-0.2, -0.15) is 0 Å². The molecule has 0 aliphatic rings. The monoisotopic (exact) mass is 489 g/mol. The Morgan fingerprint density at radius 2 is 1.72 bits per heavy atom. The summed E-state index contributed by atoms with van der Waals surface area (Å²) in [6, 6.07) is 11.6. The summed E-state index contributed by atoms with van der Waals surface area (Å²) in [7, 11) is 4.80. The lowest BCUT2D eigenvalue weighted by atomic mass is 9.95. The fourth-order valence-corrected chi connectivity index (χ4v) is 4.50. The van der Waals surface area contributed by atoms with Crippen LogP contribution in [0.4, 0.5) is 0 Å². The number of H-pyrrole nitrogens is 1. The van der Waals surface area contributed by atoms with E-state index in [2.05, 4.69) is 16.4 Å². The lowest BCUT2D eigenvalue weighted by Gasteiger charge is -2.15. The third-order valence-electron chi connectivity index (χ3n) is 6.35. The first-order valence-electron chi connectivity index (χ1n) is 11.8. The van der Waals surface area contributed by atoms with Crippen LogP contribution in [-0.4, -0.2) is 43.7 Å². The number of methoxy groups -OCH3 is 3. The van der Waals surface area contributed by atoms with Gasteiger partial charge in [0.15, 0.2) is 11.5 Å². The van der Waals surface area contributed by atoms with E-state index in [1.165, 1.54) is 6.92 Å². The van der Waals surface area contributed by atoms with E-state index in [4.69, 9.17) is 19.2 Å². The quantitative estimate of drug-likeness (QED) is 0.344. The highest BCUT2D eigenvalue weighted by Gasteiger charge is 2.17. The van der Waals surface area contributed by atoms with Crippen LogP contribution >= 0.6 is 0 Å². The van der Waals surface area contributed by atoms with Crippen molar-refractivity contribution in [3.8, 4) is 17.2 Å². The van der Waals surface area contributed by atoms with Crippen LogP contribution in [0.3, 0.4) is 0 Å². The molecule has 8 nitrogen and oxygen atoms in total. The molecule has 2 aromatic heterocycles. The molecule has 2 aromatic carbocycles. The van der Waals surface area contributed by atoms with Gasteiger partial charge >= 0.3 is 0 Å². The molecule has 0 spiro atoms. The smallest absolute Gasteiger partial charge is 0.252 e. The highest BCUT2D eigenvalue weighted by Crippen LogP contribution is 2.35. The molecule has 0 radical (unpaired) electrons. The van der Waals surface area contributed by atoms with Crippen molar-refractivity contribution in [2.24, 2.45) is 0 Å². The first-order valence-corrected chi connectivity index (χ1v) is 11.8. The van der Waals surface area contributed by atoms with Crippen LogP contribution in [-0.2, 0) is 17.6 Å². The first kappa shape index (κ1) is 25.0. The average Bonchev–Trinajstić information content (AvgIpc) is 2.87. The van der Waals surface area contributed by atoms with E-state index in [9.17, 15) is 9.59 Å². The number of hydrogen-bond donors (Lipinski definition) is 2. The molecule has 0 saturated carbocycles. The number of carbonyl (C=O) groups is 1. The van der Waals surface area contributed by atoms with E-state index in [-0.39, 0.29) is 11.5 Å². The molecule has 0 atom stereocenters. The molecule has 2 heterocycles. The van der Waals surface area contributed by atoms with Crippen LogP contribution in [0.2, 0.25) is 0 Å². The summed E-state index contributed by atoms with van der Waals surface area (Å²) in [6.45, 7) is 3.93. The summed E-state index contributed by atoms with van der Waals surface area (Å²) in [4.78, 5) is 32.4. The zero-order valence-corrected chi connectivity index (χ0v) is 21.3. The van der Waals surface area contributed by atoms with E-state index < -0.39 is 0 Å². The number of hydrogen-bond acceptors (Lipinski definition) is 6. The Morgan fingerprint density at radius 3 is 2.39 bits per heavy atom. The van der Waals surface area contributed by atoms with E-state index in [0.717, 1.165) is 50.8 Å². The van der Waals surface area contributed by atoms with Gasteiger partial charge in [0.05, 0.1) is 26.8 Å². The van der Waals surface area contributed by atoms with Crippen LogP contribution in [0.25, 0.3) is 21.7 Å². The normalized spacial score (nSPS) is 11.0. The Hall–Kier alpha value is -4.07. The molecule has 0 aliphatic heterocycles. The zero-order valence-electron chi connectivity index (χ0n) is 21.3. The van der Waals surface area contributed by atoms with Crippen molar-refractivity contribution in [3.05, 3.63) is 69.3 Å². The number of pyridine rings is 2. The van der Waals surface area contributed by atoms with E-state index in [0.29, 0.717) is 36.4 Å². The van der Waals surface area contributed by atoms with Crippen molar-refractivity contribution in [1.82, 2.24) is 15.3 Å². The van der Waals surface area contributed by atoms with Crippen LogP contribution in [0.15, 0.2) is 41.2 Å². The molecule has 0 bridgehead atoms. The topological polar surface area (TPSA) is 103 Å². The number of aryl methyl sites for hydroxylation is 2. The third-order valence-corrected chi connectivity index (χ3v) is 6.35. The predicted molar refractivity (Wildman–Crippen MR) is 141 cm³/mol. The summed E-state index contributed by atoms with van der Waals surface area (Å²) in [5.41, 5.74) is 3.93. The molecule has 0 fully saturated rings. The van der Waals surface area contributed by atoms with Crippen LogP contribution < -0.4 is 25.1 Å². The Labute approximate surface area is 209 Å². The SMILES string of the molecule is COc1ccc2nc(CCCNC(C)=O)c(Cc3c(=O)[nH]c(C)c4cc(OC)c(OC)cc34)cc2c1. The zero-order chi connectivity index (χ0) is 25.8. The van der Waals surface area contributed by atoms with E-state index in [1.807, 2.05) is 37.3 Å². The number of rotatable bonds is 9. The van der Waals surface area contributed by atoms with Gasteiger partial charge in [0, 0.05) is 47.6 Å². The fourth-order valence-electron chi connectivity index (χ4n) is 4.50. The maximum Gasteiger partial charge on any atom is 0.252 e. The van der Waals surface area contributed by atoms with Gasteiger partial charge in [0.1, 0.15) is 5.75 Å².